The van der Waals surface area contributed by atoms with Gasteiger partial charge in [0.15, 0.2) is 11.2 Å². The van der Waals surface area contributed by atoms with Crippen molar-refractivity contribution in [2.24, 2.45) is 5.73 Å². The summed E-state index contributed by atoms with van der Waals surface area (Å²) in [5, 5.41) is 1.82. The van der Waals surface area contributed by atoms with E-state index in [9.17, 15) is 14.0 Å². The minimum atomic E-state index is -0.757. The number of nitrogens with one attached hydrogen (secondary N) is 1. The van der Waals surface area contributed by atoms with Crippen molar-refractivity contribution in [3.63, 3.8) is 0 Å². The Hall–Kier alpha value is -2.48. The molecule has 0 radical (unpaired) electrons. The number of nitrogens with zero attached hydrogens (tertiary/aromatic N) is 1. The summed E-state index contributed by atoms with van der Waals surface area (Å²) in [6, 6.07) is 0.911. The lowest BCUT2D eigenvalue weighted by Gasteiger charge is -2.17. The normalized spacial score (nSPS) is 23.3. The monoisotopic (exact) mass is 361 g/mol. The van der Waals surface area contributed by atoms with Crippen LogP contribution >= 0.6 is 0 Å². The van der Waals surface area contributed by atoms with Crippen molar-refractivity contribution in [3.05, 3.63) is 43.8 Å². The van der Waals surface area contributed by atoms with Crippen LogP contribution in [0.1, 0.15) is 49.6 Å². The lowest BCUT2D eigenvalue weighted by molar-refractivity contribution is 0.427. The average Bonchev–Trinajstić information content (AvgIpc) is 3.23. The minimum Gasteiger partial charge on any atom is -0.360 e. The molecule has 136 valence electrons. The molecule has 0 saturated heterocycles. The Morgan fingerprint density at radius 1 is 1.19 bits per heavy atom. The van der Waals surface area contributed by atoms with Crippen LogP contribution in [-0.4, -0.2) is 15.8 Å². The Morgan fingerprint density at radius 3 is 2.62 bits per heavy atom. The Bertz CT molecular complexity index is 1170. The molecule has 3 N–H and O–H groups in total. The van der Waals surface area contributed by atoms with Crippen LogP contribution in [-0.2, 0) is 0 Å². The molecule has 2 aromatic heterocycles. The largest absolute Gasteiger partial charge is 0.360 e. The molecule has 2 heterocycles. The fraction of sp³-hybridized carbons (Fsp3) is 0.444. The number of H-pyrrole nitrogens is 1. The standard InChI is InChI=1S/C18H17F2N3O3/c19-11-6-10-15(14(20)12(11)7-1-2-8(21)5-7)23(9-3-4-9)18-13(16(10)24)17(25)22-26-18/h6-9H,1-5,21H2,(H,22,25). The summed E-state index contributed by atoms with van der Waals surface area (Å²) in [4.78, 5) is 24.7. The van der Waals surface area contributed by atoms with E-state index in [1.165, 1.54) is 4.57 Å². The highest BCUT2D eigenvalue weighted by Gasteiger charge is 2.35. The fourth-order valence-electron chi connectivity index (χ4n) is 4.27. The fourth-order valence-corrected chi connectivity index (χ4v) is 4.27. The van der Waals surface area contributed by atoms with E-state index >= 15 is 4.39 Å². The second-order valence-corrected chi connectivity index (χ2v) is 7.40. The molecular formula is C18H17F2N3O3. The number of rotatable bonds is 2. The van der Waals surface area contributed by atoms with Crippen molar-refractivity contribution in [2.75, 3.05) is 0 Å². The number of hydrogen-bond donors (Lipinski definition) is 2. The molecular weight excluding hydrogens is 344 g/mol. The molecule has 8 heteroatoms. The number of hydrogen-bond acceptors (Lipinski definition) is 4. The molecule has 2 atom stereocenters. The van der Waals surface area contributed by atoms with Crippen LogP contribution in [0.5, 0.6) is 0 Å². The van der Waals surface area contributed by atoms with E-state index in [1.54, 1.807) is 0 Å². The van der Waals surface area contributed by atoms with Crippen LogP contribution in [0.3, 0.4) is 0 Å². The summed E-state index contributed by atoms with van der Waals surface area (Å²) in [7, 11) is 0. The van der Waals surface area contributed by atoms with E-state index in [4.69, 9.17) is 10.3 Å². The van der Waals surface area contributed by atoms with E-state index in [1.807, 2.05) is 0 Å². The summed E-state index contributed by atoms with van der Waals surface area (Å²) in [6.45, 7) is 0. The summed E-state index contributed by atoms with van der Waals surface area (Å²) >= 11 is 0. The number of pyridine rings is 1. The molecule has 3 aromatic rings. The maximum atomic E-state index is 15.5. The van der Waals surface area contributed by atoms with Crippen LogP contribution in [0.4, 0.5) is 8.78 Å². The van der Waals surface area contributed by atoms with Gasteiger partial charge in [0.05, 0.1) is 10.9 Å². The van der Waals surface area contributed by atoms with E-state index < -0.39 is 22.6 Å². The number of aromatic nitrogens is 2. The zero-order valence-corrected chi connectivity index (χ0v) is 13.9. The molecule has 2 saturated carbocycles. The second-order valence-electron chi connectivity index (χ2n) is 7.40. The molecule has 6 nitrogen and oxygen atoms in total. The Kier molecular flexibility index (Phi) is 3.19. The zero-order valence-electron chi connectivity index (χ0n) is 13.9. The first kappa shape index (κ1) is 15.7. The highest BCUT2D eigenvalue weighted by Crippen LogP contribution is 2.43. The third kappa shape index (κ3) is 2.05. The van der Waals surface area contributed by atoms with Crippen molar-refractivity contribution in [3.8, 4) is 0 Å². The zero-order chi connectivity index (χ0) is 18.2. The van der Waals surface area contributed by atoms with Crippen molar-refractivity contribution >= 4 is 22.0 Å². The van der Waals surface area contributed by atoms with Gasteiger partial charge in [-0.3, -0.25) is 9.59 Å². The summed E-state index contributed by atoms with van der Waals surface area (Å²) in [6.07, 6.45) is 3.39. The Balaban J connectivity index is 1.92. The minimum absolute atomic E-state index is 0.0171. The van der Waals surface area contributed by atoms with Crippen molar-refractivity contribution in [1.82, 2.24) is 9.72 Å². The van der Waals surface area contributed by atoms with E-state index in [0.717, 1.165) is 18.9 Å². The molecule has 2 aliphatic carbocycles. The predicted octanol–water partition coefficient (Wildman–Crippen LogP) is 2.64. The van der Waals surface area contributed by atoms with Gasteiger partial charge >= 0.3 is 0 Å². The van der Waals surface area contributed by atoms with Crippen LogP contribution < -0.4 is 16.7 Å². The average molecular weight is 361 g/mol. The van der Waals surface area contributed by atoms with Gasteiger partial charge in [-0.05, 0) is 44.1 Å². The summed E-state index contributed by atoms with van der Waals surface area (Å²) in [5.41, 5.74) is 4.53. The third-order valence-corrected chi connectivity index (χ3v) is 5.63. The first-order valence-corrected chi connectivity index (χ1v) is 8.80. The lowest BCUT2D eigenvalue weighted by Crippen LogP contribution is -2.18. The van der Waals surface area contributed by atoms with Gasteiger partial charge in [-0.1, -0.05) is 0 Å². The molecule has 26 heavy (non-hydrogen) atoms. The predicted molar refractivity (Wildman–Crippen MR) is 91.4 cm³/mol. The molecule has 5 rings (SSSR count). The number of fused-ring (bicyclic) bond motifs is 2. The van der Waals surface area contributed by atoms with Crippen LogP contribution in [0.15, 0.2) is 20.2 Å². The van der Waals surface area contributed by atoms with Gasteiger partial charge in [0.1, 0.15) is 5.82 Å². The lowest BCUT2D eigenvalue weighted by atomic mass is 9.94. The van der Waals surface area contributed by atoms with Crippen molar-refractivity contribution in [2.45, 2.75) is 50.1 Å². The van der Waals surface area contributed by atoms with Gasteiger partial charge in [-0.15, -0.1) is 0 Å². The first-order chi connectivity index (χ1) is 12.5. The van der Waals surface area contributed by atoms with Gasteiger partial charge in [0.25, 0.3) is 5.56 Å². The Morgan fingerprint density at radius 2 is 1.96 bits per heavy atom. The van der Waals surface area contributed by atoms with Gasteiger partial charge in [-0.25, -0.2) is 8.78 Å². The number of aromatic amines is 1. The highest BCUT2D eigenvalue weighted by molar-refractivity contribution is 5.92. The van der Waals surface area contributed by atoms with E-state index in [0.29, 0.717) is 19.3 Å². The molecule has 0 amide bonds. The topological polar surface area (TPSA) is 94.0 Å². The summed E-state index contributed by atoms with van der Waals surface area (Å²) in [5.74, 6) is -1.81. The molecule has 2 aliphatic rings. The maximum Gasteiger partial charge on any atom is 0.293 e. The molecule has 1 aromatic carbocycles. The van der Waals surface area contributed by atoms with Crippen LogP contribution in [0.2, 0.25) is 0 Å². The second kappa shape index (κ2) is 5.26. The number of nitrogens with two attached hydrogens (primary N) is 1. The first-order valence-electron chi connectivity index (χ1n) is 8.80. The van der Waals surface area contributed by atoms with Crippen LogP contribution in [0.25, 0.3) is 22.0 Å². The SMILES string of the molecule is NC1CCC(c2c(F)cc3c(=O)c4c(=O)[nH]oc4n(C4CC4)c3c2F)C1. The molecule has 0 spiro atoms. The molecule has 2 unspecified atom stereocenters. The van der Waals surface area contributed by atoms with Gasteiger partial charge in [0, 0.05) is 17.6 Å². The third-order valence-electron chi connectivity index (χ3n) is 5.63. The highest BCUT2D eigenvalue weighted by atomic mass is 19.1. The van der Waals surface area contributed by atoms with Gasteiger partial charge in [0.2, 0.25) is 11.1 Å². The van der Waals surface area contributed by atoms with E-state index in [-0.39, 0.29) is 45.6 Å². The molecule has 0 bridgehead atoms. The molecule has 2 fully saturated rings. The van der Waals surface area contributed by atoms with Crippen molar-refractivity contribution in [1.29, 1.82) is 0 Å². The maximum absolute atomic E-state index is 15.5. The Labute approximate surface area is 145 Å². The van der Waals surface area contributed by atoms with Gasteiger partial charge < -0.3 is 14.8 Å². The smallest absolute Gasteiger partial charge is 0.293 e. The number of benzene rings is 1. The number of halogens is 2. The summed E-state index contributed by atoms with van der Waals surface area (Å²) < 4.78 is 37.0. The van der Waals surface area contributed by atoms with Crippen molar-refractivity contribution < 1.29 is 13.3 Å². The van der Waals surface area contributed by atoms with E-state index in [2.05, 4.69) is 5.16 Å². The van der Waals surface area contributed by atoms with Crippen LogP contribution in [0, 0.1) is 11.6 Å². The quantitative estimate of drug-likeness (QED) is 0.734. The molecule has 0 aliphatic heterocycles. The van der Waals surface area contributed by atoms with Gasteiger partial charge in [-0.2, -0.15) is 5.16 Å².